The third-order valence-corrected chi connectivity index (χ3v) is 15.0. The summed E-state index contributed by atoms with van der Waals surface area (Å²) in [5, 5.41) is 23.9. The molecule has 62 heavy (non-hydrogen) atoms. The third kappa shape index (κ3) is 9.13. The average molecular weight is 931 g/mol. The largest absolute Gasteiger partial charge is 0.478 e. The van der Waals surface area contributed by atoms with E-state index < -0.39 is 117 Å². The highest BCUT2D eigenvalue weighted by molar-refractivity contribution is 8.55. The van der Waals surface area contributed by atoms with Gasteiger partial charge in [0.05, 0.1) is 42.7 Å². The molecule has 0 spiro atoms. The minimum absolute atomic E-state index is 0.0556. The molecule has 4 aromatic heterocycles. The van der Waals surface area contributed by atoms with E-state index in [4.69, 9.17) is 48.3 Å². The summed E-state index contributed by atoms with van der Waals surface area (Å²) in [6.07, 6.45) is -5.83. The second-order valence-corrected chi connectivity index (χ2v) is 22.8. The van der Waals surface area contributed by atoms with Crippen molar-refractivity contribution in [2.75, 3.05) is 37.4 Å². The van der Waals surface area contributed by atoms with Crippen LogP contribution >= 0.6 is 26.0 Å². The van der Waals surface area contributed by atoms with Gasteiger partial charge >= 0.3 is 26.6 Å². The fourth-order valence-electron chi connectivity index (χ4n) is 6.96. The second-order valence-electron chi connectivity index (χ2n) is 17.2. The van der Waals surface area contributed by atoms with E-state index in [1.54, 1.807) is 48.5 Å². The van der Waals surface area contributed by atoms with Gasteiger partial charge in [0.2, 0.25) is 12.7 Å². The molecule has 2 bridgehead atoms. The molecule has 10 atom stereocenters. The molecule has 28 heteroatoms. The SMILES string of the molecule is CC(C)(C)C(=O)OCOP1(=O)OC[C@@]2(C)C[C@@H](n3cnc4c(N)ncnc43)[C@H](O)[C@@H]2OP(=O)(SCOC(=O)C(C)(C)C)OC[C@H]2O[C@@H](n3cnc4c(=O)[nH]c(N)nc43)[C@H](O1)[C@@H]2O. The normalized spacial score (nSPS) is 32.2. The van der Waals surface area contributed by atoms with Gasteiger partial charge in [-0.25, -0.2) is 33.6 Å². The molecule has 0 amide bonds. The molecule has 2 unspecified atom stereocenters. The number of nitrogens with zero attached hydrogens (tertiary/aromatic N) is 7. The summed E-state index contributed by atoms with van der Waals surface area (Å²) < 4.78 is 79.4. The average Bonchev–Trinajstić information content (AvgIpc) is 3.94. The maximum Gasteiger partial charge on any atom is 0.478 e. The van der Waals surface area contributed by atoms with Crippen LogP contribution in [0.5, 0.6) is 0 Å². The number of nitrogens with one attached hydrogen (secondary N) is 1. The number of nitrogen functional groups attached to an aromatic ring is 2. The Morgan fingerprint density at radius 3 is 2.34 bits per heavy atom. The van der Waals surface area contributed by atoms with Crippen molar-refractivity contribution in [1.29, 1.82) is 0 Å². The number of rotatable bonds is 8. The number of hydrogen-bond acceptors (Lipinski definition) is 23. The molecule has 2 aliphatic heterocycles. The van der Waals surface area contributed by atoms with Crippen LogP contribution in [0.15, 0.2) is 23.8 Å². The Labute approximate surface area is 356 Å². The number of esters is 2. The number of H-pyrrole nitrogens is 1. The Hall–Kier alpha value is -4.07. The van der Waals surface area contributed by atoms with Crippen LogP contribution in [0, 0.1) is 16.2 Å². The van der Waals surface area contributed by atoms with E-state index in [2.05, 4.69) is 29.9 Å². The highest BCUT2D eigenvalue weighted by atomic mass is 32.7. The van der Waals surface area contributed by atoms with Gasteiger partial charge in [0.15, 0.2) is 28.9 Å². The van der Waals surface area contributed by atoms with E-state index in [9.17, 15) is 33.7 Å². The van der Waals surface area contributed by atoms with Gasteiger partial charge in [-0.2, -0.15) is 4.98 Å². The Bertz CT molecular complexity index is 2510. The fraction of sp³-hybridized carbons (Fsp3) is 0.647. The van der Waals surface area contributed by atoms with Crippen molar-refractivity contribution in [3.63, 3.8) is 0 Å². The zero-order valence-electron chi connectivity index (χ0n) is 34.6. The van der Waals surface area contributed by atoms with Crippen molar-refractivity contribution in [2.24, 2.45) is 16.2 Å². The number of nitrogens with two attached hydrogens (primary N) is 2. The lowest BCUT2D eigenvalue weighted by molar-refractivity contribution is -0.161. The predicted molar refractivity (Wildman–Crippen MR) is 216 cm³/mol. The lowest BCUT2D eigenvalue weighted by Gasteiger charge is -2.35. The molecule has 340 valence electrons. The maximum absolute atomic E-state index is 15.0. The third-order valence-electron chi connectivity index (χ3n) is 10.3. The summed E-state index contributed by atoms with van der Waals surface area (Å²) in [4.78, 5) is 61.3. The molecule has 2 saturated heterocycles. The van der Waals surface area contributed by atoms with Gasteiger partial charge in [-0.05, 0) is 48.0 Å². The topological polar surface area (TPSA) is 342 Å². The van der Waals surface area contributed by atoms with Crippen molar-refractivity contribution in [2.45, 2.75) is 97.7 Å². The molecule has 3 fully saturated rings. The molecule has 7 rings (SSSR count). The van der Waals surface area contributed by atoms with Crippen LogP contribution in [0.1, 0.15) is 67.2 Å². The number of phosphoric ester groups is 1. The van der Waals surface area contributed by atoms with Crippen LogP contribution in [-0.4, -0.2) is 118 Å². The van der Waals surface area contributed by atoms with Gasteiger partial charge in [-0.15, -0.1) is 0 Å². The smallest absolute Gasteiger partial charge is 0.454 e. The predicted octanol–water partition coefficient (Wildman–Crippen LogP) is 2.57. The quantitative estimate of drug-likeness (QED) is 0.0963. The number of carbonyl (C=O) groups excluding carboxylic acids is 2. The van der Waals surface area contributed by atoms with Crippen LogP contribution < -0.4 is 17.0 Å². The Balaban J connectivity index is 1.30. The number of carbonyl (C=O) groups is 2. The molecular formula is C34H48N10O15P2S. The van der Waals surface area contributed by atoms with Crippen LogP contribution in [-0.2, 0) is 55.5 Å². The van der Waals surface area contributed by atoms with E-state index in [0.717, 1.165) is 6.33 Å². The number of aliphatic hydroxyl groups excluding tert-OH is 2. The number of phosphoric acid groups is 1. The number of ether oxygens (including phenoxy) is 3. The first-order valence-electron chi connectivity index (χ1n) is 19.1. The van der Waals surface area contributed by atoms with Crippen molar-refractivity contribution >= 4 is 72.0 Å². The van der Waals surface area contributed by atoms with E-state index in [0.29, 0.717) is 11.4 Å². The summed E-state index contributed by atoms with van der Waals surface area (Å²) in [5.41, 5.74) is 7.99. The molecular weight excluding hydrogens is 882 g/mol. The van der Waals surface area contributed by atoms with Crippen molar-refractivity contribution in [3.05, 3.63) is 29.3 Å². The fourth-order valence-corrected chi connectivity index (χ4v) is 11.2. The highest BCUT2D eigenvalue weighted by Crippen LogP contribution is 2.66. The van der Waals surface area contributed by atoms with Crippen LogP contribution in [0.3, 0.4) is 0 Å². The van der Waals surface area contributed by atoms with E-state index in [-0.39, 0.29) is 40.5 Å². The van der Waals surface area contributed by atoms with Crippen molar-refractivity contribution < 1.29 is 65.8 Å². The maximum atomic E-state index is 15.0. The lowest BCUT2D eigenvalue weighted by atomic mass is 9.87. The summed E-state index contributed by atoms with van der Waals surface area (Å²) in [6, 6.07) is -0.935. The number of aliphatic hydroxyl groups is 2. The molecule has 6 heterocycles. The monoisotopic (exact) mass is 930 g/mol. The minimum Gasteiger partial charge on any atom is -0.454 e. The molecule has 25 nitrogen and oxygen atoms in total. The first-order chi connectivity index (χ1) is 28.9. The minimum atomic E-state index is -5.03. The summed E-state index contributed by atoms with van der Waals surface area (Å²) in [7, 11) is -5.03. The number of anilines is 2. The Morgan fingerprint density at radius 1 is 0.952 bits per heavy atom. The van der Waals surface area contributed by atoms with Gasteiger partial charge in [0, 0.05) is 16.8 Å². The van der Waals surface area contributed by atoms with Gasteiger partial charge in [-0.3, -0.25) is 42.0 Å². The first-order valence-corrected chi connectivity index (χ1v) is 23.7. The van der Waals surface area contributed by atoms with E-state index in [1.807, 2.05) is 0 Å². The number of aromatic nitrogens is 8. The van der Waals surface area contributed by atoms with Gasteiger partial charge in [0.1, 0.15) is 48.3 Å². The van der Waals surface area contributed by atoms with Crippen LogP contribution in [0.4, 0.5) is 11.8 Å². The van der Waals surface area contributed by atoms with Gasteiger partial charge in [0.25, 0.3) is 5.56 Å². The van der Waals surface area contributed by atoms with Gasteiger partial charge < -0.3 is 40.5 Å². The van der Waals surface area contributed by atoms with E-state index >= 15 is 0 Å². The standard InChI is InChI=1S/C34H48N10O15P2S/c1-32(2,3)29(48)52-14-56-60(50)55-10-34(7)8-16(43-12-39-18-24(35)37-11-38-25(18)43)20(45)23(34)59-61(51,62-15-53-30(49)33(4,5)6)54-9-17-21(46)22(58-60)28(57-17)44-13-40-19-26(44)41-31(36)42-27(19)47/h11-13,16-17,20-23,28,45-46H,8-10,14-15H2,1-7H3,(H2,35,37,38)(H3,36,41,42,47)/t16-,17-,20+,21-,22-,23+,28-,34-,60?,61?/m1/s1. The van der Waals surface area contributed by atoms with E-state index in [1.165, 1.54) is 21.8 Å². The van der Waals surface area contributed by atoms with Crippen LogP contribution in [0.2, 0.25) is 0 Å². The summed E-state index contributed by atoms with van der Waals surface area (Å²) in [5.74, 6) is -2.10. The lowest BCUT2D eigenvalue weighted by Crippen LogP contribution is -2.39. The molecule has 4 aromatic rings. The second kappa shape index (κ2) is 16.8. The van der Waals surface area contributed by atoms with Crippen molar-refractivity contribution in [1.82, 2.24) is 39.0 Å². The molecule has 1 saturated carbocycles. The number of imidazole rings is 2. The number of fused-ring (bicyclic) bond motifs is 5. The Kier molecular flexibility index (Phi) is 12.5. The number of aromatic amines is 1. The van der Waals surface area contributed by atoms with Crippen molar-refractivity contribution in [3.8, 4) is 0 Å². The molecule has 7 N–H and O–H groups in total. The summed E-state index contributed by atoms with van der Waals surface area (Å²) >= 11 is 0.486. The molecule has 0 radical (unpaired) electrons. The van der Waals surface area contributed by atoms with Crippen LogP contribution in [0.25, 0.3) is 22.3 Å². The molecule has 0 aromatic carbocycles. The first kappa shape index (κ1) is 45.9. The van der Waals surface area contributed by atoms with Gasteiger partial charge in [-0.1, -0.05) is 6.92 Å². The molecule has 1 aliphatic carbocycles. The highest BCUT2D eigenvalue weighted by Gasteiger charge is 2.58. The Morgan fingerprint density at radius 2 is 1.63 bits per heavy atom. The zero-order valence-corrected chi connectivity index (χ0v) is 37.2. The molecule has 3 aliphatic rings. The summed E-state index contributed by atoms with van der Waals surface area (Å²) in [6.45, 7) is 4.33. The zero-order chi connectivity index (χ0) is 45.2. The number of hydrogen-bond donors (Lipinski definition) is 5.